The fourth-order valence-corrected chi connectivity index (χ4v) is 9.25. The van der Waals surface area contributed by atoms with Crippen molar-refractivity contribution < 1.29 is 4.42 Å². The highest BCUT2D eigenvalue weighted by molar-refractivity contribution is 6.14. The number of rotatable bonds is 7. The molecule has 57 heavy (non-hydrogen) atoms. The molecule has 2 heteroatoms. The molecule has 1 aromatic heterocycles. The molecule has 1 aliphatic carbocycles. The third-order valence-corrected chi connectivity index (χ3v) is 11.7. The molecule has 11 rings (SSSR count). The number of furan rings is 1. The van der Waals surface area contributed by atoms with Gasteiger partial charge >= 0.3 is 0 Å². The summed E-state index contributed by atoms with van der Waals surface area (Å²) in [6.45, 7) is 0. The van der Waals surface area contributed by atoms with Crippen LogP contribution in [0.2, 0.25) is 0 Å². The normalized spacial score (nSPS) is 14.4. The van der Waals surface area contributed by atoms with Crippen LogP contribution in [0, 0.1) is 0 Å². The summed E-state index contributed by atoms with van der Waals surface area (Å²) in [4.78, 5) is 2.40. The molecular formula is C55H37NO. The van der Waals surface area contributed by atoms with Gasteiger partial charge in [0.1, 0.15) is 11.2 Å². The number of anilines is 3. The minimum atomic E-state index is -0.574. The maximum Gasteiger partial charge on any atom is 0.137 e. The number of nitrogens with zero attached hydrogens (tertiary/aromatic N) is 1. The van der Waals surface area contributed by atoms with E-state index in [0.29, 0.717) is 0 Å². The molecule has 10 aromatic rings. The Bertz CT molecular complexity index is 3060. The summed E-state index contributed by atoms with van der Waals surface area (Å²) >= 11 is 0. The Hall–Kier alpha value is -7.42. The van der Waals surface area contributed by atoms with Crippen LogP contribution in [0.1, 0.15) is 22.3 Å². The van der Waals surface area contributed by atoms with Crippen molar-refractivity contribution in [2.45, 2.75) is 5.41 Å². The van der Waals surface area contributed by atoms with Gasteiger partial charge in [-0.25, -0.2) is 0 Å². The number of hydrogen-bond donors (Lipinski definition) is 0. The topological polar surface area (TPSA) is 16.4 Å². The van der Waals surface area contributed by atoms with Crippen LogP contribution < -0.4 is 4.90 Å². The van der Waals surface area contributed by atoms with E-state index in [-0.39, 0.29) is 0 Å². The minimum absolute atomic E-state index is 0.574. The summed E-state index contributed by atoms with van der Waals surface area (Å²) < 4.78 is 6.58. The van der Waals surface area contributed by atoms with Crippen LogP contribution in [0.5, 0.6) is 0 Å². The quantitative estimate of drug-likeness (QED) is 0.163. The zero-order valence-electron chi connectivity index (χ0n) is 31.2. The molecule has 0 saturated carbocycles. The molecule has 0 fully saturated rings. The van der Waals surface area contributed by atoms with Gasteiger partial charge in [-0.1, -0.05) is 170 Å². The van der Waals surface area contributed by atoms with E-state index in [1.165, 1.54) is 50.1 Å². The molecule has 0 saturated heterocycles. The number of fused-ring (bicyclic) bond motifs is 6. The average molecular weight is 728 g/mol. The third kappa shape index (κ3) is 5.26. The van der Waals surface area contributed by atoms with Crippen LogP contribution in [0.4, 0.5) is 17.1 Å². The maximum absolute atomic E-state index is 6.58. The first kappa shape index (κ1) is 33.0. The Morgan fingerprint density at radius 2 is 0.930 bits per heavy atom. The van der Waals surface area contributed by atoms with Crippen LogP contribution >= 0.6 is 0 Å². The molecule has 0 radical (unpaired) electrons. The van der Waals surface area contributed by atoms with Gasteiger partial charge in [0.2, 0.25) is 0 Å². The monoisotopic (exact) mass is 727 g/mol. The second kappa shape index (κ2) is 13.4. The van der Waals surface area contributed by atoms with Crippen LogP contribution in [-0.2, 0) is 5.41 Å². The van der Waals surface area contributed by atoms with Crippen molar-refractivity contribution in [3.8, 4) is 33.4 Å². The highest BCUT2D eigenvalue weighted by atomic mass is 16.3. The molecule has 1 atom stereocenters. The van der Waals surface area contributed by atoms with Gasteiger partial charge in [-0.2, -0.15) is 0 Å². The molecular weight excluding hydrogens is 691 g/mol. The maximum atomic E-state index is 6.58. The summed E-state index contributed by atoms with van der Waals surface area (Å²) in [6.07, 6.45) is 0. The summed E-state index contributed by atoms with van der Waals surface area (Å²) in [5, 5.41) is 2.17. The Morgan fingerprint density at radius 1 is 0.351 bits per heavy atom. The predicted octanol–water partition coefficient (Wildman–Crippen LogP) is 14.8. The van der Waals surface area contributed by atoms with E-state index in [0.717, 1.165) is 44.6 Å². The van der Waals surface area contributed by atoms with E-state index in [1.807, 2.05) is 0 Å². The SMILES string of the molecule is c1ccc(-c2ccc3c(c2)C(c2ccccc2)(c2cccc(N(c4ccccc4)c4cccc5oc6ccc(-c7ccccc7)cc6c45)c2)c2ccccc2-3)cc1. The van der Waals surface area contributed by atoms with Crippen molar-refractivity contribution in [3.63, 3.8) is 0 Å². The lowest BCUT2D eigenvalue weighted by molar-refractivity contribution is 0.669. The number of hydrogen-bond acceptors (Lipinski definition) is 2. The first-order valence-electron chi connectivity index (χ1n) is 19.6. The average Bonchev–Trinajstić information content (AvgIpc) is 3.81. The Balaban J connectivity index is 1.18. The molecule has 1 unspecified atom stereocenters. The lowest BCUT2D eigenvalue weighted by Crippen LogP contribution is -2.29. The summed E-state index contributed by atoms with van der Waals surface area (Å²) in [7, 11) is 0. The van der Waals surface area contributed by atoms with Gasteiger partial charge in [-0.15, -0.1) is 0 Å². The van der Waals surface area contributed by atoms with Crippen molar-refractivity contribution >= 4 is 39.0 Å². The molecule has 0 bridgehead atoms. The predicted molar refractivity (Wildman–Crippen MR) is 237 cm³/mol. The van der Waals surface area contributed by atoms with Gasteiger partial charge in [0.05, 0.1) is 16.5 Å². The third-order valence-electron chi connectivity index (χ3n) is 11.7. The van der Waals surface area contributed by atoms with E-state index in [1.54, 1.807) is 0 Å². The van der Waals surface area contributed by atoms with E-state index < -0.39 is 5.41 Å². The molecule has 268 valence electrons. The van der Waals surface area contributed by atoms with Crippen molar-refractivity contribution in [1.29, 1.82) is 0 Å². The van der Waals surface area contributed by atoms with Gasteiger partial charge in [-0.3, -0.25) is 0 Å². The molecule has 2 nitrogen and oxygen atoms in total. The Kier molecular flexibility index (Phi) is 7.75. The first-order chi connectivity index (χ1) is 28.3. The lowest BCUT2D eigenvalue weighted by atomic mass is 9.67. The molecule has 1 heterocycles. The van der Waals surface area contributed by atoms with Gasteiger partial charge in [0.25, 0.3) is 0 Å². The van der Waals surface area contributed by atoms with Crippen LogP contribution in [0.3, 0.4) is 0 Å². The summed E-state index contributed by atoms with van der Waals surface area (Å²) in [5.41, 5.74) is 16.7. The van der Waals surface area contributed by atoms with Crippen molar-refractivity contribution in [1.82, 2.24) is 0 Å². The van der Waals surface area contributed by atoms with E-state index >= 15 is 0 Å². The number of para-hydroxylation sites is 1. The van der Waals surface area contributed by atoms with Gasteiger partial charge < -0.3 is 9.32 Å². The lowest BCUT2D eigenvalue weighted by Gasteiger charge is -2.35. The van der Waals surface area contributed by atoms with Gasteiger partial charge in [0, 0.05) is 16.8 Å². The summed E-state index contributed by atoms with van der Waals surface area (Å²) in [5.74, 6) is 0. The van der Waals surface area contributed by atoms with Crippen LogP contribution in [0.15, 0.2) is 229 Å². The highest BCUT2D eigenvalue weighted by Gasteiger charge is 2.46. The second-order valence-corrected chi connectivity index (χ2v) is 14.8. The van der Waals surface area contributed by atoms with Crippen molar-refractivity contribution in [2.75, 3.05) is 4.90 Å². The number of benzene rings is 9. The van der Waals surface area contributed by atoms with Gasteiger partial charge in [0.15, 0.2) is 0 Å². The Labute approximate surface area is 332 Å². The molecule has 0 N–H and O–H groups in total. The molecule has 1 aliphatic rings. The smallest absolute Gasteiger partial charge is 0.137 e. The molecule has 0 spiro atoms. The highest BCUT2D eigenvalue weighted by Crippen LogP contribution is 2.57. The van der Waals surface area contributed by atoms with Gasteiger partial charge in [-0.05, 0) is 110 Å². The first-order valence-corrected chi connectivity index (χ1v) is 19.6. The minimum Gasteiger partial charge on any atom is -0.456 e. The summed E-state index contributed by atoms with van der Waals surface area (Å²) in [6, 6.07) is 81.3. The standard InChI is InChI=1S/C55H37NO/c1-5-17-38(18-6-1)40-32-34-52-48(35-40)54-51(29-16-30-53(54)57-52)56(44-24-11-4-12-25-44)45-26-15-23-43(37-45)55(42-21-9-3-10-22-42)49-28-14-13-27-46(49)47-33-31-41(36-50(47)55)39-19-7-2-8-20-39/h1-37H. The van der Waals surface area contributed by atoms with E-state index in [2.05, 4.69) is 229 Å². The largest absolute Gasteiger partial charge is 0.456 e. The van der Waals surface area contributed by atoms with Crippen molar-refractivity contribution in [3.05, 3.63) is 247 Å². The Morgan fingerprint density at radius 3 is 1.68 bits per heavy atom. The van der Waals surface area contributed by atoms with Crippen molar-refractivity contribution in [2.24, 2.45) is 0 Å². The molecule has 9 aromatic carbocycles. The van der Waals surface area contributed by atoms with Crippen LogP contribution in [0.25, 0.3) is 55.3 Å². The fraction of sp³-hybridized carbons (Fsp3) is 0.0182. The molecule has 0 aliphatic heterocycles. The van der Waals surface area contributed by atoms with Crippen LogP contribution in [-0.4, -0.2) is 0 Å². The zero-order valence-corrected chi connectivity index (χ0v) is 31.2. The zero-order chi connectivity index (χ0) is 37.8. The van der Waals surface area contributed by atoms with E-state index in [4.69, 9.17) is 4.42 Å². The molecule has 0 amide bonds. The van der Waals surface area contributed by atoms with E-state index in [9.17, 15) is 0 Å². The second-order valence-electron chi connectivity index (χ2n) is 14.8. The fourth-order valence-electron chi connectivity index (χ4n) is 9.25.